The summed E-state index contributed by atoms with van der Waals surface area (Å²) in [6.07, 6.45) is 3.62. The summed E-state index contributed by atoms with van der Waals surface area (Å²) in [6, 6.07) is -0.592. The van der Waals surface area contributed by atoms with Gasteiger partial charge in [-0.3, -0.25) is 9.59 Å². The molecule has 1 saturated heterocycles. The number of aromatic amines is 1. The van der Waals surface area contributed by atoms with E-state index < -0.39 is 17.6 Å². The van der Waals surface area contributed by atoms with Crippen molar-refractivity contribution in [2.75, 3.05) is 6.54 Å². The Labute approximate surface area is 122 Å². The highest BCUT2D eigenvalue weighted by atomic mass is 16.6. The van der Waals surface area contributed by atoms with Crippen molar-refractivity contribution < 1.29 is 14.3 Å². The molecule has 21 heavy (non-hydrogen) atoms. The predicted molar refractivity (Wildman–Crippen MR) is 74.8 cm³/mol. The normalized spacial score (nSPS) is 18.6. The number of likely N-dealkylation sites (tertiary alicyclic amines) is 1. The third kappa shape index (κ3) is 3.68. The van der Waals surface area contributed by atoms with Gasteiger partial charge in [0.05, 0.1) is 6.20 Å². The molecule has 7 nitrogen and oxygen atoms in total. The number of aromatic nitrogens is 2. The molecule has 1 N–H and O–H groups in total. The zero-order valence-electron chi connectivity index (χ0n) is 12.4. The van der Waals surface area contributed by atoms with Gasteiger partial charge in [-0.15, -0.1) is 0 Å². The van der Waals surface area contributed by atoms with E-state index in [4.69, 9.17) is 4.74 Å². The maximum atomic E-state index is 12.4. The first-order valence-corrected chi connectivity index (χ1v) is 6.86. The molecule has 7 heteroatoms. The van der Waals surface area contributed by atoms with Gasteiger partial charge in [0.15, 0.2) is 0 Å². The van der Waals surface area contributed by atoms with Crippen molar-refractivity contribution in [3.8, 4) is 0 Å². The highest BCUT2D eigenvalue weighted by Crippen LogP contribution is 2.22. The van der Waals surface area contributed by atoms with E-state index >= 15 is 0 Å². The van der Waals surface area contributed by atoms with E-state index in [2.05, 4.69) is 9.97 Å². The van der Waals surface area contributed by atoms with Gasteiger partial charge < -0.3 is 14.6 Å². The maximum Gasteiger partial charge on any atom is 0.329 e. The van der Waals surface area contributed by atoms with Crippen LogP contribution in [0, 0.1) is 0 Å². The van der Waals surface area contributed by atoms with E-state index in [1.54, 1.807) is 20.8 Å². The molecule has 0 spiro atoms. The molecule has 1 aromatic heterocycles. The van der Waals surface area contributed by atoms with Crippen molar-refractivity contribution >= 4 is 11.9 Å². The Kier molecular flexibility index (Phi) is 4.11. The van der Waals surface area contributed by atoms with Crippen LogP contribution in [0.1, 0.15) is 44.1 Å². The SMILES string of the molecule is CC(C)(C)OC(=O)[C@H]1CCCN1C(=O)c1c[nH]c(=O)cn1. The van der Waals surface area contributed by atoms with Crippen LogP contribution in [0.5, 0.6) is 0 Å². The number of nitrogens with zero attached hydrogens (tertiary/aromatic N) is 2. The van der Waals surface area contributed by atoms with Gasteiger partial charge in [0.25, 0.3) is 11.5 Å². The number of hydrogen-bond donors (Lipinski definition) is 1. The molecule has 0 aromatic carbocycles. The van der Waals surface area contributed by atoms with E-state index in [9.17, 15) is 14.4 Å². The Morgan fingerprint density at radius 2 is 2.14 bits per heavy atom. The number of H-pyrrole nitrogens is 1. The molecule has 2 heterocycles. The van der Waals surface area contributed by atoms with Gasteiger partial charge in [0.2, 0.25) is 0 Å². The number of esters is 1. The Balaban J connectivity index is 2.14. The first kappa shape index (κ1) is 15.2. The van der Waals surface area contributed by atoms with E-state index in [0.717, 1.165) is 12.6 Å². The summed E-state index contributed by atoms with van der Waals surface area (Å²) in [5, 5.41) is 0. The molecule has 0 radical (unpaired) electrons. The molecule has 1 aliphatic heterocycles. The minimum Gasteiger partial charge on any atom is -0.458 e. The molecule has 0 unspecified atom stereocenters. The average Bonchev–Trinajstić information content (AvgIpc) is 2.86. The van der Waals surface area contributed by atoms with Crippen molar-refractivity contribution in [2.45, 2.75) is 45.3 Å². The molecule has 1 aromatic rings. The molecule has 114 valence electrons. The van der Waals surface area contributed by atoms with Crippen LogP contribution in [0.15, 0.2) is 17.2 Å². The highest BCUT2D eigenvalue weighted by Gasteiger charge is 2.37. The Hall–Kier alpha value is -2.18. The van der Waals surface area contributed by atoms with Crippen LogP contribution in [-0.4, -0.2) is 44.9 Å². The summed E-state index contributed by atoms with van der Waals surface area (Å²) in [4.78, 5) is 43.2. The topological polar surface area (TPSA) is 92.4 Å². The van der Waals surface area contributed by atoms with Crippen LogP contribution in [0.3, 0.4) is 0 Å². The molecule has 1 amide bonds. The average molecular weight is 293 g/mol. The number of ether oxygens (including phenoxy) is 1. The monoisotopic (exact) mass is 293 g/mol. The lowest BCUT2D eigenvalue weighted by Gasteiger charge is -2.27. The Morgan fingerprint density at radius 3 is 2.71 bits per heavy atom. The van der Waals surface area contributed by atoms with Gasteiger partial charge in [0.1, 0.15) is 17.3 Å². The van der Waals surface area contributed by atoms with Crippen molar-refractivity contribution in [3.63, 3.8) is 0 Å². The molecule has 1 atom stereocenters. The number of hydrogen-bond acceptors (Lipinski definition) is 5. The molecule has 0 aliphatic carbocycles. The van der Waals surface area contributed by atoms with Gasteiger partial charge >= 0.3 is 5.97 Å². The van der Waals surface area contributed by atoms with E-state index in [0.29, 0.717) is 13.0 Å². The van der Waals surface area contributed by atoms with E-state index in [-0.39, 0.29) is 17.2 Å². The van der Waals surface area contributed by atoms with Gasteiger partial charge in [-0.1, -0.05) is 0 Å². The fourth-order valence-electron chi connectivity index (χ4n) is 2.23. The number of nitrogens with one attached hydrogen (secondary N) is 1. The fraction of sp³-hybridized carbons (Fsp3) is 0.571. The van der Waals surface area contributed by atoms with Crippen LogP contribution in [0.4, 0.5) is 0 Å². The molecule has 0 saturated carbocycles. The number of carbonyl (C=O) groups excluding carboxylic acids is 2. The minimum atomic E-state index is -0.593. The number of rotatable bonds is 2. The molecule has 1 fully saturated rings. The van der Waals surface area contributed by atoms with Crippen molar-refractivity contribution in [3.05, 3.63) is 28.4 Å². The molecule has 0 bridgehead atoms. The lowest BCUT2D eigenvalue weighted by molar-refractivity contribution is -0.159. The predicted octanol–water partition coefficient (Wildman–Crippen LogP) is 0.716. The van der Waals surface area contributed by atoms with Gasteiger partial charge in [0, 0.05) is 12.7 Å². The second-order valence-corrected chi connectivity index (χ2v) is 5.99. The first-order valence-electron chi connectivity index (χ1n) is 6.86. The quantitative estimate of drug-likeness (QED) is 0.811. The molecular weight excluding hydrogens is 274 g/mol. The summed E-state index contributed by atoms with van der Waals surface area (Å²) >= 11 is 0. The second-order valence-electron chi connectivity index (χ2n) is 5.99. The summed E-state index contributed by atoms with van der Waals surface area (Å²) < 4.78 is 5.35. The second kappa shape index (κ2) is 5.67. The summed E-state index contributed by atoms with van der Waals surface area (Å²) in [7, 11) is 0. The van der Waals surface area contributed by atoms with Crippen LogP contribution in [0.2, 0.25) is 0 Å². The van der Waals surface area contributed by atoms with Crippen LogP contribution in [0.25, 0.3) is 0 Å². The Bertz CT molecular complexity index is 582. The first-order chi connectivity index (χ1) is 9.78. The zero-order valence-corrected chi connectivity index (χ0v) is 12.4. The summed E-state index contributed by atoms with van der Waals surface area (Å²) in [5.41, 5.74) is -0.855. The minimum absolute atomic E-state index is 0.116. The smallest absolute Gasteiger partial charge is 0.329 e. The van der Waals surface area contributed by atoms with Crippen LogP contribution in [-0.2, 0) is 9.53 Å². The van der Waals surface area contributed by atoms with Crippen LogP contribution < -0.4 is 5.56 Å². The number of amides is 1. The highest BCUT2D eigenvalue weighted by molar-refractivity contribution is 5.95. The standard InChI is InChI=1S/C14H19N3O4/c1-14(2,3)21-13(20)10-5-4-6-17(10)12(19)9-7-16-11(18)8-15-9/h7-8,10H,4-6H2,1-3H3,(H,16,18)/t10-/m1/s1. The molecule has 1 aliphatic rings. The van der Waals surface area contributed by atoms with Gasteiger partial charge in [-0.05, 0) is 33.6 Å². The third-order valence-corrected chi connectivity index (χ3v) is 3.08. The lowest BCUT2D eigenvalue weighted by Crippen LogP contribution is -2.44. The van der Waals surface area contributed by atoms with Gasteiger partial charge in [-0.2, -0.15) is 0 Å². The zero-order chi connectivity index (χ0) is 15.6. The summed E-state index contributed by atoms with van der Waals surface area (Å²) in [6.45, 7) is 5.84. The fourth-order valence-corrected chi connectivity index (χ4v) is 2.23. The van der Waals surface area contributed by atoms with Crippen molar-refractivity contribution in [2.24, 2.45) is 0 Å². The Morgan fingerprint density at radius 1 is 1.43 bits per heavy atom. The number of carbonyl (C=O) groups is 2. The third-order valence-electron chi connectivity index (χ3n) is 3.08. The van der Waals surface area contributed by atoms with Gasteiger partial charge in [-0.25, -0.2) is 9.78 Å². The largest absolute Gasteiger partial charge is 0.458 e. The summed E-state index contributed by atoms with van der Waals surface area (Å²) in [5.74, 6) is -0.780. The molecule has 2 rings (SSSR count). The maximum absolute atomic E-state index is 12.4. The van der Waals surface area contributed by atoms with E-state index in [1.807, 2.05) is 0 Å². The lowest BCUT2D eigenvalue weighted by atomic mass is 10.1. The van der Waals surface area contributed by atoms with Crippen LogP contribution >= 0.6 is 0 Å². The van der Waals surface area contributed by atoms with E-state index in [1.165, 1.54) is 11.1 Å². The molecular formula is C14H19N3O4. The van der Waals surface area contributed by atoms with Crippen molar-refractivity contribution in [1.82, 2.24) is 14.9 Å². The van der Waals surface area contributed by atoms with Crippen molar-refractivity contribution in [1.29, 1.82) is 0 Å².